The molecule has 0 N–H and O–H groups in total. The van der Waals surface area contributed by atoms with Gasteiger partial charge in [0.25, 0.3) is 5.56 Å². The molecule has 0 atom stereocenters. The maximum absolute atomic E-state index is 11.9. The van der Waals surface area contributed by atoms with Crippen LogP contribution in [0.5, 0.6) is 0 Å². The standard InChI is InChI=1S/C11H12Cl2N4O/c1-3-9-15-7(12)4-11(18)17(9)6-10-14-5-8(13)16(10)2/h4-5H,3,6H2,1-2H3. The van der Waals surface area contributed by atoms with Crippen LogP contribution in [0.15, 0.2) is 17.1 Å². The summed E-state index contributed by atoms with van der Waals surface area (Å²) in [6.07, 6.45) is 2.17. The van der Waals surface area contributed by atoms with Crippen molar-refractivity contribution in [2.45, 2.75) is 19.9 Å². The zero-order valence-corrected chi connectivity index (χ0v) is 11.5. The summed E-state index contributed by atoms with van der Waals surface area (Å²) in [5, 5.41) is 0.740. The van der Waals surface area contributed by atoms with Gasteiger partial charge in [-0.25, -0.2) is 9.97 Å². The van der Waals surface area contributed by atoms with Crippen molar-refractivity contribution < 1.29 is 0 Å². The molecule has 7 heteroatoms. The molecule has 0 amide bonds. The largest absolute Gasteiger partial charge is 0.321 e. The summed E-state index contributed by atoms with van der Waals surface area (Å²) in [4.78, 5) is 20.2. The average molecular weight is 287 g/mol. The molecule has 0 aromatic carbocycles. The Morgan fingerprint density at radius 2 is 2.06 bits per heavy atom. The highest BCUT2D eigenvalue weighted by Gasteiger charge is 2.10. The summed E-state index contributed by atoms with van der Waals surface area (Å²) in [6, 6.07) is 1.30. The van der Waals surface area contributed by atoms with Crippen molar-refractivity contribution in [1.82, 2.24) is 19.1 Å². The highest BCUT2D eigenvalue weighted by molar-refractivity contribution is 6.29. The molecular weight excluding hydrogens is 275 g/mol. The first kappa shape index (κ1) is 13.1. The maximum atomic E-state index is 11.9. The second-order valence-electron chi connectivity index (χ2n) is 3.83. The number of aromatic nitrogens is 4. The fourth-order valence-electron chi connectivity index (χ4n) is 1.67. The Labute approximate surface area is 114 Å². The van der Waals surface area contributed by atoms with Crippen molar-refractivity contribution in [1.29, 1.82) is 0 Å². The van der Waals surface area contributed by atoms with Crippen LogP contribution in [-0.2, 0) is 20.0 Å². The predicted octanol–water partition coefficient (Wildman–Crippen LogP) is 1.89. The number of imidazole rings is 1. The number of hydrogen-bond donors (Lipinski definition) is 0. The van der Waals surface area contributed by atoms with E-state index in [1.54, 1.807) is 22.4 Å². The van der Waals surface area contributed by atoms with Gasteiger partial charge in [0.2, 0.25) is 0 Å². The molecule has 0 aliphatic heterocycles. The van der Waals surface area contributed by atoms with Gasteiger partial charge in [0.1, 0.15) is 22.0 Å². The van der Waals surface area contributed by atoms with Crippen molar-refractivity contribution in [3.8, 4) is 0 Å². The van der Waals surface area contributed by atoms with Gasteiger partial charge < -0.3 is 4.57 Å². The van der Waals surface area contributed by atoms with E-state index >= 15 is 0 Å². The first-order valence-corrected chi connectivity index (χ1v) is 6.21. The maximum Gasteiger partial charge on any atom is 0.255 e. The summed E-state index contributed by atoms with van der Waals surface area (Å²) in [5.41, 5.74) is -0.189. The molecule has 2 heterocycles. The molecule has 0 saturated heterocycles. The van der Waals surface area contributed by atoms with E-state index in [9.17, 15) is 4.79 Å². The molecule has 5 nitrogen and oxygen atoms in total. The molecule has 0 aliphatic rings. The third-order valence-electron chi connectivity index (χ3n) is 2.70. The lowest BCUT2D eigenvalue weighted by atomic mass is 10.4. The molecule has 2 aromatic heterocycles. The Kier molecular flexibility index (Phi) is 3.73. The monoisotopic (exact) mass is 286 g/mol. The molecule has 18 heavy (non-hydrogen) atoms. The fraction of sp³-hybridized carbons (Fsp3) is 0.364. The van der Waals surface area contributed by atoms with Gasteiger partial charge in [-0.3, -0.25) is 9.36 Å². The molecule has 2 aromatic rings. The minimum atomic E-state index is -0.189. The number of hydrogen-bond acceptors (Lipinski definition) is 3. The van der Waals surface area contributed by atoms with Gasteiger partial charge >= 0.3 is 0 Å². The van der Waals surface area contributed by atoms with Crippen LogP contribution in [0.2, 0.25) is 10.3 Å². The van der Waals surface area contributed by atoms with Gasteiger partial charge in [-0.15, -0.1) is 0 Å². The average Bonchev–Trinajstić information content (AvgIpc) is 2.63. The topological polar surface area (TPSA) is 52.7 Å². The van der Waals surface area contributed by atoms with E-state index in [0.29, 0.717) is 29.8 Å². The lowest BCUT2D eigenvalue weighted by Gasteiger charge is -2.10. The highest BCUT2D eigenvalue weighted by atomic mass is 35.5. The van der Waals surface area contributed by atoms with Crippen molar-refractivity contribution >= 4 is 23.2 Å². The quantitative estimate of drug-likeness (QED) is 0.810. The highest BCUT2D eigenvalue weighted by Crippen LogP contribution is 2.11. The SMILES string of the molecule is CCc1nc(Cl)cc(=O)n1Cc1ncc(Cl)n1C. The van der Waals surface area contributed by atoms with Crippen LogP contribution in [-0.4, -0.2) is 19.1 Å². The predicted molar refractivity (Wildman–Crippen MR) is 70.2 cm³/mol. The molecular formula is C11H12Cl2N4O. The smallest absolute Gasteiger partial charge is 0.255 e. The zero-order valence-electron chi connectivity index (χ0n) is 10.0. The van der Waals surface area contributed by atoms with Crippen LogP contribution in [0.3, 0.4) is 0 Å². The van der Waals surface area contributed by atoms with E-state index in [1.807, 2.05) is 6.92 Å². The van der Waals surface area contributed by atoms with Gasteiger partial charge in [-0.05, 0) is 0 Å². The van der Waals surface area contributed by atoms with Gasteiger partial charge in [0.05, 0.1) is 12.7 Å². The first-order valence-electron chi connectivity index (χ1n) is 5.45. The molecule has 0 fully saturated rings. The molecule has 0 aliphatic carbocycles. The van der Waals surface area contributed by atoms with E-state index in [0.717, 1.165) is 0 Å². The normalized spacial score (nSPS) is 10.9. The summed E-state index contributed by atoms with van der Waals surface area (Å²) < 4.78 is 3.27. The number of rotatable bonds is 3. The van der Waals surface area contributed by atoms with Crippen LogP contribution in [0.25, 0.3) is 0 Å². The molecule has 96 valence electrons. The van der Waals surface area contributed by atoms with Crippen molar-refractivity contribution in [2.75, 3.05) is 0 Å². The van der Waals surface area contributed by atoms with Crippen LogP contribution < -0.4 is 5.56 Å². The lowest BCUT2D eigenvalue weighted by molar-refractivity contribution is 0.628. The van der Waals surface area contributed by atoms with Crippen molar-refractivity contribution in [3.05, 3.63) is 44.6 Å². The Hall–Kier alpha value is -1.33. The van der Waals surface area contributed by atoms with Gasteiger partial charge in [-0.2, -0.15) is 0 Å². The van der Waals surface area contributed by atoms with Crippen LogP contribution >= 0.6 is 23.2 Å². The van der Waals surface area contributed by atoms with Crippen LogP contribution in [0.1, 0.15) is 18.6 Å². The third-order valence-corrected chi connectivity index (χ3v) is 3.24. The summed E-state index contributed by atoms with van der Waals surface area (Å²) in [7, 11) is 1.80. The van der Waals surface area contributed by atoms with Gasteiger partial charge in [-0.1, -0.05) is 30.1 Å². The molecule has 0 spiro atoms. The van der Waals surface area contributed by atoms with E-state index in [4.69, 9.17) is 23.2 Å². The third kappa shape index (κ3) is 2.42. The first-order chi connectivity index (χ1) is 8.52. The van der Waals surface area contributed by atoms with Crippen LogP contribution in [0, 0.1) is 0 Å². The fourth-order valence-corrected chi connectivity index (χ4v) is 2.01. The van der Waals surface area contributed by atoms with Gasteiger partial charge in [0, 0.05) is 19.5 Å². The summed E-state index contributed by atoms with van der Waals surface area (Å²) >= 11 is 11.7. The molecule has 0 radical (unpaired) electrons. The lowest BCUT2D eigenvalue weighted by Crippen LogP contribution is -2.26. The van der Waals surface area contributed by atoms with Crippen molar-refractivity contribution in [3.63, 3.8) is 0 Å². The van der Waals surface area contributed by atoms with Crippen molar-refractivity contribution in [2.24, 2.45) is 7.05 Å². The van der Waals surface area contributed by atoms with E-state index < -0.39 is 0 Å². The summed E-state index contributed by atoms with van der Waals surface area (Å²) in [5.74, 6) is 1.33. The minimum absolute atomic E-state index is 0.189. The van der Waals surface area contributed by atoms with Crippen LogP contribution in [0.4, 0.5) is 0 Å². The van der Waals surface area contributed by atoms with E-state index in [-0.39, 0.29) is 10.7 Å². The van der Waals surface area contributed by atoms with E-state index in [1.165, 1.54) is 6.07 Å². The Morgan fingerprint density at radius 1 is 1.33 bits per heavy atom. The minimum Gasteiger partial charge on any atom is -0.321 e. The zero-order chi connectivity index (χ0) is 13.3. The Balaban J connectivity index is 2.46. The second-order valence-corrected chi connectivity index (χ2v) is 4.60. The Bertz CT molecular complexity index is 632. The molecule has 0 unspecified atom stereocenters. The molecule has 0 bridgehead atoms. The number of nitrogens with zero attached hydrogens (tertiary/aromatic N) is 4. The number of aryl methyl sites for hydroxylation is 1. The van der Waals surface area contributed by atoms with E-state index in [2.05, 4.69) is 9.97 Å². The Morgan fingerprint density at radius 3 is 2.61 bits per heavy atom. The molecule has 2 rings (SSSR count). The summed E-state index contributed by atoms with van der Waals surface area (Å²) in [6.45, 7) is 2.25. The van der Waals surface area contributed by atoms with Gasteiger partial charge in [0.15, 0.2) is 0 Å². The molecule has 0 saturated carbocycles. The number of halogens is 2. The second kappa shape index (κ2) is 5.12.